The molecule has 0 aliphatic carbocycles. The molecule has 0 saturated carbocycles. The maximum atomic E-state index is 12.9. The van der Waals surface area contributed by atoms with Crippen molar-refractivity contribution in [2.45, 2.75) is 6.04 Å². The third-order valence-corrected chi connectivity index (χ3v) is 6.19. The number of rotatable bonds is 5. The van der Waals surface area contributed by atoms with Gasteiger partial charge in [-0.05, 0) is 48.1 Å². The van der Waals surface area contributed by atoms with Gasteiger partial charge in [-0.25, -0.2) is 0 Å². The van der Waals surface area contributed by atoms with E-state index in [1.165, 1.54) is 4.57 Å². The molecule has 1 aromatic heterocycles. The fourth-order valence-electron chi connectivity index (χ4n) is 3.77. The number of aromatic amines is 1. The molecule has 0 bridgehead atoms. The maximum Gasteiger partial charge on any atom is 0.261 e. The number of fused-ring (bicyclic) bond motifs is 1. The first-order valence-corrected chi connectivity index (χ1v) is 10.8. The van der Waals surface area contributed by atoms with Crippen LogP contribution in [0.1, 0.15) is 22.0 Å². The van der Waals surface area contributed by atoms with Crippen LogP contribution < -0.4 is 10.9 Å². The molecule has 7 nitrogen and oxygen atoms in total. The van der Waals surface area contributed by atoms with E-state index >= 15 is 0 Å². The summed E-state index contributed by atoms with van der Waals surface area (Å²) in [5, 5.41) is 4.20. The number of nitrogens with one attached hydrogen (secondary N) is 2. The maximum absolute atomic E-state index is 12.9. The summed E-state index contributed by atoms with van der Waals surface area (Å²) in [6.45, 7) is 3.34. The molecule has 1 aliphatic rings. The second kappa shape index (κ2) is 9.32. The molecule has 2 heterocycles. The van der Waals surface area contributed by atoms with Crippen molar-refractivity contribution in [2.75, 3.05) is 32.8 Å². The Hall–Kier alpha value is -2.52. The second-order valence-electron chi connectivity index (χ2n) is 7.48. The van der Waals surface area contributed by atoms with E-state index in [-0.39, 0.29) is 17.5 Å². The van der Waals surface area contributed by atoms with Crippen LogP contribution in [0.4, 0.5) is 0 Å². The largest absolute Gasteiger partial charge is 0.379 e. The topological polar surface area (TPSA) is 79.4 Å². The minimum absolute atomic E-state index is 0.00340. The van der Waals surface area contributed by atoms with Gasteiger partial charge in [0.25, 0.3) is 11.5 Å². The van der Waals surface area contributed by atoms with Gasteiger partial charge in [0.15, 0.2) is 4.77 Å². The third-order valence-electron chi connectivity index (χ3n) is 5.56. The third kappa shape index (κ3) is 4.72. The zero-order chi connectivity index (χ0) is 22.0. The summed E-state index contributed by atoms with van der Waals surface area (Å²) >= 11 is 11.2. The van der Waals surface area contributed by atoms with Gasteiger partial charge in [-0.1, -0.05) is 23.7 Å². The molecular formula is C22H23ClN4O3S. The molecule has 1 aliphatic heterocycles. The smallest absolute Gasteiger partial charge is 0.261 e. The number of ether oxygens (including phenoxy) is 1. The van der Waals surface area contributed by atoms with Crippen LogP contribution in [0.2, 0.25) is 5.02 Å². The summed E-state index contributed by atoms with van der Waals surface area (Å²) in [5.74, 6) is -0.214. The predicted molar refractivity (Wildman–Crippen MR) is 123 cm³/mol. The minimum Gasteiger partial charge on any atom is -0.379 e. The van der Waals surface area contributed by atoms with Gasteiger partial charge in [-0.3, -0.25) is 19.1 Å². The number of H-pyrrole nitrogens is 1. The van der Waals surface area contributed by atoms with Crippen LogP contribution in [0.15, 0.2) is 47.3 Å². The van der Waals surface area contributed by atoms with Crippen LogP contribution >= 0.6 is 23.8 Å². The number of morpholine rings is 1. The van der Waals surface area contributed by atoms with E-state index in [1.807, 2.05) is 24.3 Å². The summed E-state index contributed by atoms with van der Waals surface area (Å²) in [4.78, 5) is 30.6. The Labute approximate surface area is 189 Å². The Morgan fingerprint density at radius 3 is 2.65 bits per heavy atom. The molecule has 3 aromatic rings. The highest BCUT2D eigenvalue weighted by Crippen LogP contribution is 2.23. The minimum atomic E-state index is -0.214. The summed E-state index contributed by atoms with van der Waals surface area (Å²) in [6, 6.07) is 12.7. The Morgan fingerprint density at radius 1 is 1.23 bits per heavy atom. The average Bonchev–Trinajstić information content (AvgIpc) is 2.79. The fourth-order valence-corrected chi connectivity index (χ4v) is 4.09. The second-order valence-corrected chi connectivity index (χ2v) is 8.30. The van der Waals surface area contributed by atoms with E-state index in [0.29, 0.717) is 46.0 Å². The lowest BCUT2D eigenvalue weighted by Crippen LogP contribution is -2.43. The molecular weight excluding hydrogens is 436 g/mol. The van der Waals surface area contributed by atoms with Crippen molar-refractivity contribution in [1.29, 1.82) is 0 Å². The normalized spacial score (nSPS) is 15.7. The van der Waals surface area contributed by atoms with E-state index < -0.39 is 0 Å². The summed E-state index contributed by atoms with van der Waals surface area (Å²) in [7, 11) is 1.61. The Morgan fingerprint density at radius 2 is 1.94 bits per heavy atom. The van der Waals surface area contributed by atoms with Gasteiger partial charge in [-0.15, -0.1) is 0 Å². The number of amides is 1. The zero-order valence-corrected chi connectivity index (χ0v) is 18.6. The molecule has 2 N–H and O–H groups in total. The van der Waals surface area contributed by atoms with Gasteiger partial charge in [0.05, 0.1) is 30.2 Å². The monoisotopic (exact) mass is 458 g/mol. The molecule has 4 rings (SSSR count). The molecule has 1 atom stereocenters. The highest BCUT2D eigenvalue weighted by Gasteiger charge is 2.23. The summed E-state index contributed by atoms with van der Waals surface area (Å²) in [6.07, 6.45) is 0. The lowest BCUT2D eigenvalue weighted by molar-refractivity contribution is 0.0162. The average molecular weight is 459 g/mol. The van der Waals surface area contributed by atoms with Gasteiger partial charge in [0.2, 0.25) is 0 Å². The number of hydrogen-bond donors (Lipinski definition) is 2. The quantitative estimate of drug-likeness (QED) is 0.574. The molecule has 31 heavy (non-hydrogen) atoms. The first-order chi connectivity index (χ1) is 14.9. The lowest BCUT2D eigenvalue weighted by Gasteiger charge is -2.35. The Bertz CT molecular complexity index is 1220. The zero-order valence-electron chi connectivity index (χ0n) is 17.1. The molecule has 1 unspecified atom stereocenters. The van der Waals surface area contributed by atoms with E-state index in [4.69, 9.17) is 28.6 Å². The number of carbonyl (C=O) groups is 1. The number of halogens is 1. The highest BCUT2D eigenvalue weighted by molar-refractivity contribution is 7.71. The van der Waals surface area contributed by atoms with E-state index in [0.717, 1.165) is 18.7 Å². The van der Waals surface area contributed by atoms with Crippen molar-refractivity contribution in [2.24, 2.45) is 7.05 Å². The van der Waals surface area contributed by atoms with Crippen molar-refractivity contribution in [3.05, 3.63) is 73.7 Å². The lowest BCUT2D eigenvalue weighted by atomic mass is 10.0. The van der Waals surface area contributed by atoms with Gasteiger partial charge < -0.3 is 15.0 Å². The number of nitrogens with zero attached hydrogens (tertiary/aromatic N) is 2. The van der Waals surface area contributed by atoms with Gasteiger partial charge in [0, 0.05) is 37.3 Å². The molecule has 9 heteroatoms. The SMILES string of the molecule is Cn1c(=S)[nH]c2cc(C(=O)NCC(c3ccc(Cl)cc3)N3CCOCC3)ccc2c1=O. The van der Waals surface area contributed by atoms with E-state index in [9.17, 15) is 9.59 Å². The van der Waals surface area contributed by atoms with Crippen molar-refractivity contribution >= 4 is 40.6 Å². The van der Waals surface area contributed by atoms with Crippen LogP contribution in [0.5, 0.6) is 0 Å². The van der Waals surface area contributed by atoms with E-state index in [1.54, 1.807) is 25.2 Å². The van der Waals surface area contributed by atoms with E-state index in [2.05, 4.69) is 15.2 Å². The van der Waals surface area contributed by atoms with Gasteiger partial charge >= 0.3 is 0 Å². The number of hydrogen-bond acceptors (Lipinski definition) is 5. The molecule has 0 radical (unpaired) electrons. The Kier molecular flexibility index (Phi) is 6.52. The molecule has 0 spiro atoms. The van der Waals surface area contributed by atoms with Crippen LogP contribution in [0.3, 0.4) is 0 Å². The van der Waals surface area contributed by atoms with Crippen LogP contribution in [-0.2, 0) is 11.8 Å². The first-order valence-electron chi connectivity index (χ1n) is 10.0. The fraction of sp³-hybridized carbons (Fsp3) is 0.318. The molecule has 1 saturated heterocycles. The van der Waals surface area contributed by atoms with Crippen molar-refractivity contribution in [3.8, 4) is 0 Å². The van der Waals surface area contributed by atoms with Gasteiger partial charge in [-0.2, -0.15) is 0 Å². The van der Waals surface area contributed by atoms with Crippen molar-refractivity contribution in [1.82, 2.24) is 19.8 Å². The van der Waals surface area contributed by atoms with Gasteiger partial charge in [0.1, 0.15) is 0 Å². The molecule has 2 aromatic carbocycles. The number of aromatic nitrogens is 2. The van der Waals surface area contributed by atoms with Crippen LogP contribution in [0, 0.1) is 4.77 Å². The highest BCUT2D eigenvalue weighted by atomic mass is 35.5. The number of benzene rings is 2. The Balaban J connectivity index is 1.56. The first kappa shape index (κ1) is 21.7. The molecule has 1 amide bonds. The van der Waals surface area contributed by atoms with Crippen LogP contribution in [-0.4, -0.2) is 53.2 Å². The molecule has 1 fully saturated rings. The van der Waals surface area contributed by atoms with Crippen LogP contribution in [0.25, 0.3) is 10.9 Å². The predicted octanol–water partition coefficient (Wildman–Crippen LogP) is 3.05. The standard InChI is InChI=1S/C22H23ClN4O3S/c1-26-21(29)17-7-4-15(12-18(17)25-22(26)31)20(28)24-13-19(27-8-10-30-11-9-27)14-2-5-16(23)6-3-14/h2-7,12,19H,8-11,13H2,1H3,(H,24,28)(H,25,31). The number of carbonyl (C=O) groups excluding carboxylic acids is 1. The van der Waals surface area contributed by atoms with Crippen molar-refractivity contribution < 1.29 is 9.53 Å². The molecule has 162 valence electrons. The summed E-state index contributed by atoms with van der Waals surface area (Å²) < 4.78 is 7.16. The summed E-state index contributed by atoms with van der Waals surface area (Å²) in [5.41, 5.74) is 1.89. The van der Waals surface area contributed by atoms with Crippen molar-refractivity contribution in [3.63, 3.8) is 0 Å².